The van der Waals surface area contributed by atoms with E-state index in [1.807, 2.05) is 0 Å². The second-order valence-corrected chi connectivity index (χ2v) is 13.2. The van der Waals surface area contributed by atoms with Crippen molar-refractivity contribution in [2.24, 2.45) is 52.8 Å². The van der Waals surface area contributed by atoms with Crippen LogP contribution in [0.1, 0.15) is 78.6 Å². The van der Waals surface area contributed by atoms with Gasteiger partial charge in [-0.25, -0.2) is 0 Å². The molecule has 12 atom stereocenters. The Labute approximate surface area is 188 Å². The molecule has 6 rings (SSSR count). The lowest BCUT2D eigenvalue weighted by molar-refractivity contribution is -0.175. The number of carbonyl (C=O) groups excluding carboxylic acids is 1. The third kappa shape index (κ3) is 2.93. The van der Waals surface area contributed by atoms with Crippen molar-refractivity contribution in [3.63, 3.8) is 0 Å². The van der Waals surface area contributed by atoms with Crippen molar-refractivity contribution in [1.29, 1.82) is 0 Å². The minimum atomic E-state index is -0.570. The summed E-state index contributed by atoms with van der Waals surface area (Å²) in [5.74, 6) is 4.82. The molecule has 4 heteroatoms. The van der Waals surface area contributed by atoms with Gasteiger partial charge >= 0.3 is 0 Å². The second kappa shape index (κ2) is 7.03. The molecular formula is C27H43NO3. The molecular weight excluding hydrogens is 386 g/mol. The van der Waals surface area contributed by atoms with Crippen molar-refractivity contribution in [2.75, 3.05) is 13.1 Å². The van der Waals surface area contributed by atoms with Gasteiger partial charge in [-0.05, 0) is 105 Å². The van der Waals surface area contributed by atoms with Gasteiger partial charge in [-0.1, -0.05) is 13.8 Å². The van der Waals surface area contributed by atoms with Gasteiger partial charge in [0.1, 0.15) is 5.78 Å². The number of aliphatic hydroxyl groups excluding tert-OH is 1. The van der Waals surface area contributed by atoms with Gasteiger partial charge in [0.2, 0.25) is 0 Å². The highest BCUT2D eigenvalue weighted by Gasteiger charge is 2.64. The van der Waals surface area contributed by atoms with Gasteiger partial charge in [-0.2, -0.15) is 0 Å². The highest BCUT2D eigenvalue weighted by Crippen LogP contribution is 2.66. The maximum Gasteiger partial charge on any atom is 0.136 e. The van der Waals surface area contributed by atoms with Crippen LogP contribution in [0.5, 0.6) is 0 Å². The summed E-state index contributed by atoms with van der Waals surface area (Å²) in [5.41, 5.74) is -0.482. The fraction of sp³-hybridized carbons (Fsp3) is 0.963. The van der Waals surface area contributed by atoms with E-state index in [0.717, 1.165) is 44.6 Å². The SMILES string of the molecule is C[C@H]1CC[C@@H]2N(C1)C[C@H]1[C@@H]3C[C@H]4[C@@H](CC(=O)[C@H]5C[C@@H](O)CCC54C)[C@@H]3CC[C@H]1C2(C)O. The summed E-state index contributed by atoms with van der Waals surface area (Å²) >= 11 is 0. The molecule has 6 aliphatic rings. The first kappa shape index (κ1) is 21.1. The average Bonchev–Trinajstić information content (AvgIpc) is 3.09. The number of nitrogens with zero attached hydrogens (tertiary/aromatic N) is 1. The lowest BCUT2D eigenvalue weighted by atomic mass is 9.51. The van der Waals surface area contributed by atoms with Crippen molar-refractivity contribution >= 4 is 5.78 Å². The zero-order chi connectivity index (χ0) is 21.7. The molecule has 2 N–H and O–H groups in total. The molecule has 0 spiro atoms. The second-order valence-electron chi connectivity index (χ2n) is 13.2. The molecule has 2 aliphatic heterocycles. The quantitative estimate of drug-likeness (QED) is 0.613. The molecule has 6 fully saturated rings. The number of fused-ring (bicyclic) bond motifs is 8. The Bertz CT molecular complexity index is 751. The van der Waals surface area contributed by atoms with Crippen molar-refractivity contribution in [2.45, 2.75) is 96.3 Å². The Morgan fingerprint density at radius 3 is 2.52 bits per heavy atom. The molecule has 4 aliphatic carbocycles. The van der Waals surface area contributed by atoms with Crippen LogP contribution in [0.4, 0.5) is 0 Å². The van der Waals surface area contributed by atoms with E-state index in [4.69, 9.17) is 0 Å². The Morgan fingerprint density at radius 2 is 1.71 bits per heavy atom. The number of rotatable bonds is 0. The summed E-state index contributed by atoms with van der Waals surface area (Å²) in [4.78, 5) is 15.9. The first-order chi connectivity index (χ1) is 14.7. The van der Waals surface area contributed by atoms with Gasteiger partial charge in [0.05, 0.1) is 11.7 Å². The largest absolute Gasteiger partial charge is 0.393 e. The predicted molar refractivity (Wildman–Crippen MR) is 120 cm³/mol. The van der Waals surface area contributed by atoms with Crippen molar-refractivity contribution < 1.29 is 15.0 Å². The van der Waals surface area contributed by atoms with Gasteiger partial charge in [0.15, 0.2) is 0 Å². The Kier molecular flexibility index (Phi) is 4.78. The van der Waals surface area contributed by atoms with E-state index in [9.17, 15) is 15.0 Å². The third-order valence-corrected chi connectivity index (χ3v) is 11.8. The van der Waals surface area contributed by atoms with E-state index in [0.29, 0.717) is 53.8 Å². The smallest absolute Gasteiger partial charge is 0.136 e. The summed E-state index contributed by atoms with van der Waals surface area (Å²) < 4.78 is 0. The van der Waals surface area contributed by atoms with Crippen LogP contribution in [0.2, 0.25) is 0 Å². The molecule has 31 heavy (non-hydrogen) atoms. The van der Waals surface area contributed by atoms with E-state index < -0.39 is 5.60 Å². The fourth-order valence-corrected chi connectivity index (χ4v) is 10.4. The fourth-order valence-electron chi connectivity index (χ4n) is 10.4. The number of Topliss-reactive ketones (excluding diaryl/α,β-unsaturated/α-hetero) is 1. The zero-order valence-corrected chi connectivity index (χ0v) is 19.8. The van der Waals surface area contributed by atoms with E-state index in [1.54, 1.807) is 0 Å². The molecule has 2 saturated heterocycles. The van der Waals surface area contributed by atoms with E-state index in [2.05, 4.69) is 25.7 Å². The third-order valence-electron chi connectivity index (χ3n) is 11.8. The molecule has 0 aromatic heterocycles. The van der Waals surface area contributed by atoms with Gasteiger partial charge in [0.25, 0.3) is 0 Å². The number of carbonyl (C=O) groups is 1. The molecule has 0 aromatic carbocycles. The number of hydrogen-bond donors (Lipinski definition) is 2. The summed E-state index contributed by atoms with van der Waals surface area (Å²) in [6.07, 6.45) is 9.08. The van der Waals surface area contributed by atoms with Crippen LogP contribution >= 0.6 is 0 Å². The molecule has 4 saturated carbocycles. The molecule has 174 valence electrons. The molecule has 2 heterocycles. The topological polar surface area (TPSA) is 60.8 Å². The summed E-state index contributed by atoms with van der Waals surface area (Å²) in [5, 5.41) is 22.1. The van der Waals surface area contributed by atoms with Crippen molar-refractivity contribution in [3.05, 3.63) is 0 Å². The normalized spacial score (nSPS) is 59.2. The Morgan fingerprint density at radius 1 is 0.903 bits per heavy atom. The van der Waals surface area contributed by atoms with Crippen LogP contribution in [0.15, 0.2) is 0 Å². The van der Waals surface area contributed by atoms with Crippen molar-refractivity contribution in [1.82, 2.24) is 4.90 Å². The van der Waals surface area contributed by atoms with Crippen LogP contribution in [0, 0.1) is 52.8 Å². The monoisotopic (exact) mass is 429 g/mol. The van der Waals surface area contributed by atoms with E-state index in [-0.39, 0.29) is 17.4 Å². The number of hydrogen-bond acceptors (Lipinski definition) is 4. The molecule has 0 aromatic rings. The maximum atomic E-state index is 13.2. The highest BCUT2D eigenvalue weighted by atomic mass is 16.3. The number of aliphatic hydroxyl groups is 2. The number of piperidine rings is 2. The summed E-state index contributed by atoms with van der Waals surface area (Å²) in [6.45, 7) is 9.23. The van der Waals surface area contributed by atoms with Gasteiger partial charge in [0, 0.05) is 31.5 Å². The lowest BCUT2D eigenvalue weighted by Gasteiger charge is -2.59. The van der Waals surface area contributed by atoms with Crippen molar-refractivity contribution in [3.8, 4) is 0 Å². The van der Waals surface area contributed by atoms with Crippen LogP contribution in [-0.4, -0.2) is 51.7 Å². The first-order valence-electron chi connectivity index (χ1n) is 13.4. The minimum absolute atomic E-state index is 0.0789. The number of ketones is 1. The Hall–Kier alpha value is -0.450. The highest BCUT2D eigenvalue weighted by molar-refractivity contribution is 5.83. The van der Waals surface area contributed by atoms with E-state index >= 15 is 0 Å². The molecule has 2 unspecified atom stereocenters. The molecule has 0 bridgehead atoms. The minimum Gasteiger partial charge on any atom is -0.393 e. The zero-order valence-electron chi connectivity index (χ0n) is 19.8. The van der Waals surface area contributed by atoms with Crippen LogP contribution < -0.4 is 0 Å². The first-order valence-corrected chi connectivity index (χ1v) is 13.4. The van der Waals surface area contributed by atoms with Crippen LogP contribution in [0.25, 0.3) is 0 Å². The molecule has 0 amide bonds. The Balaban J connectivity index is 1.31. The van der Waals surface area contributed by atoms with Crippen LogP contribution in [0.3, 0.4) is 0 Å². The predicted octanol–water partition coefficient (Wildman–Crippen LogP) is 3.89. The van der Waals surface area contributed by atoms with Gasteiger partial charge in [-0.3, -0.25) is 9.69 Å². The standard InChI is InChI=1S/C27H43NO3/c1-15-4-7-25-27(3,31)21-6-5-17-18(20(21)14-28(25)13-15)11-22-19(17)12-24(30)23-10-16(29)8-9-26(22,23)2/h15-23,25,29,31H,4-14H2,1-3H3/t15-,16-,17+,18+,19-,20-,21+,22-,23+,25-,26?,27?/m0/s1. The van der Waals surface area contributed by atoms with Gasteiger partial charge in [-0.15, -0.1) is 0 Å². The lowest BCUT2D eigenvalue weighted by Crippen LogP contribution is -2.67. The van der Waals surface area contributed by atoms with E-state index in [1.165, 1.54) is 25.8 Å². The molecule has 4 nitrogen and oxygen atoms in total. The van der Waals surface area contributed by atoms with Gasteiger partial charge < -0.3 is 10.2 Å². The summed E-state index contributed by atoms with van der Waals surface area (Å²) in [6, 6.07) is 0.341. The molecule has 0 radical (unpaired) electrons. The average molecular weight is 430 g/mol. The van der Waals surface area contributed by atoms with Crippen LogP contribution in [-0.2, 0) is 4.79 Å². The summed E-state index contributed by atoms with van der Waals surface area (Å²) in [7, 11) is 0. The maximum absolute atomic E-state index is 13.2.